The molecule has 2 aromatic heterocycles. The second-order valence-electron chi connectivity index (χ2n) is 11.0. The maximum Gasteiger partial charge on any atom is 0.410 e. The van der Waals surface area contributed by atoms with E-state index in [0.717, 1.165) is 82.5 Å². The van der Waals surface area contributed by atoms with Crippen molar-refractivity contribution in [3.05, 3.63) is 11.8 Å². The minimum Gasteiger partial charge on any atom is -0.445 e. The molecular weight excluding hydrogens is 460 g/mol. The molecule has 6 heterocycles. The topological polar surface area (TPSA) is 118 Å². The number of ether oxygens (including phenoxy) is 2. The van der Waals surface area contributed by atoms with Crippen molar-refractivity contribution < 1.29 is 14.3 Å². The predicted octanol–water partition coefficient (Wildman–Crippen LogP) is 2.74. The van der Waals surface area contributed by atoms with Crippen molar-refractivity contribution in [2.75, 3.05) is 36.9 Å². The van der Waals surface area contributed by atoms with E-state index in [1.54, 1.807) is 0 Å². The molecule has 4 saturated heterocycles. The Morgan fingerprint density at radius 2 is 1.86 bits per heavy atom. The number of piperidine rings is 1. The van der Waals surface area contributed by atoms with E-state index in [-0.39, 0.29) is 30.3 Å². The molecule has 0 saturated carbocycles. The Morgan fingerprint density at radius 3 is 2.56 bits per heavy atom. The number of anilines is 2. The lowest BCUT2D eigenvalue weighted by molar-refractivity contribution is 0.0434. The van der Waals surface area contributed by atoms with Gasteiger partial charge in [0.15, 0.2) is 5.65 Å². The molecule has 11 heteroatoms. The highest BCUT2D eigenvalue weighted by Crippen LogP contribution is 2.37. The van der Waals surface area contributed by atoms with Crippen LogP contribution in [0.1, 0.15) is 70.3 Å². The first-order chi connectivity index (χ1) is 17.5. The summed E-state index contributed by atoms with van der Waals surface area (Å²) in [5.41, 5.74) is 1.95. The third-order valence-corrected chi connectivity index (χ3v) is 8.13. The first-order valence-electron chi connectivity index (χ1n) is 13.6. The van der Waals surface area contributed by atoms with Crippen LogP contribution in [0.2, 0.25) is 0 Å². The maximum atomic E-state index is 13.0. The zero-order chi connectivity index (χ0) is 24.6. The largest absolute Gasteiger partial charge is 0.445 e. The van der Waals surface area contributed by atoms with Crippen LogP contribution in [0.5, 0.6) is 0 Å². The zero-order valence-electron chi connectivity index (χ0n) is 21.3. The Hall–Kier alpha value is -2.66. The number of hydrogen-bond acceptors (Lipinski definition) is 9. The Kier molecular flexibility index (Phi) is 6.59. The minimum absolute atomic E-state index is 0.00123. The van der Waals surface area contributed by atoms with E-state index in [1.165, 1.54) is 0 Å². The van der Waals surface area contributed by atoms with Gasteiger partial charge >= 0.3 is 6.09 Å². The standard InChI is InChI=1S/C25H38N8O3/c1-15(2)21-14-27-33-22(21)30-23(28-16-6-9-35-10-7-16)31-24(33)29-17-11-18-3-4-19(12-17)32(18)25(34)36-20-5-8-26-13-20/h14-20,26H,3-13H2,1-2H3,(H2,28,29,30,31). The maximum absolute atomic E-state index is 13.0. The smallest absolute Gasteiger partial charge is 0.410 e. The van der Waals surface area contributed by atoms with Crippen LogP contribution < -0.4 is 16.0 Å². The lowest BCUT2D eigenvalue weighted by atomic mass is 9.98. The monoisotopic (exact) mass is 498 g/mol. The van der Waals surface area contributed by atoms with Crippen molar-refractivity contribution in [2.45, 2.75) is 95.0 Å². The molecule has 0 aromatic carbocycles. The van der Waals surface area contributed by atoms with Gasteiger partial charge in [-0.3, -0.25) is 0 Å². The van der Waals surface area contributed by atoms with E-state index in [1.807, 2.05) is 15.6 Å². The van der Waals surface area contributed by atoms with Gasteiger partial charge in [0.1, 0.15) is 6.10 Å². The van der Waals surface area contributed by atoms with Crippen LogP contribution in [0.4, 0.5) is 16.7 Å². The number of nitrogens with zero attached hydrogens (tertiary/aromatic N) is 5. The quantitative estimate of drug-likeness (QED) is 0.552. The molecule has 2 bridgehead atoms. The van der Waals surface area contributed by atoms with Gasteiger partial charge in [-0.15, -0.1) is 0 Å². The second-order valence-corrected chi connectivity index (χ2v) is 11.0. The van der Waals surface area contributed by atoms with Crippen LogP contribution >= 0.6 is 0 Å². The summed E-state index contributed by atoms with van der Waals surface area (Å²) in [6.07, 6.45) is 8.35. The third-order valence-electron chi connectivity index (χ3n) is 8.13. The van der Waals surface area contributed by atoms with Crippen molar-refractivity contribution in [3.63, 3.8) is 0 Å². The van der Waals surface area contributed by atoms with Crippen LogP contribution in [-0.2, 0) is 9.47 Å². The molecule has 196 valence electrons. The molecule has 4 aliphatic heterocycles. The fraction of sp³-hybridized carbons (Fsp3) is 0.760. The summed E-state index contributed by atoms with van der Waals surface area (Å²) in [6, 6.07) is 0.910. The van der Waals surface area contributed by atoms with Crippen LogP contribution in [-0.4, -0.2) is 87.1 Å². The van der Waals surface area contributed by atoms with Crippen LogP contribution in [0.15, 0.2) is 6.20 Å². The van der Waals surface area contributed by atoms with Crippen molar-refractivity contribution in [2.24, 2.45) is 0 Å². The van der Waals surface area contributed by atoms with E-state index >= 15 is 0 Å². The Labute approximate surface area is 211 Å². The van der Waals surface area contributed by atoms with Gasteiger partial charge in [-0.1, -0.05) is 13.8 Å². The molecule has 3 unspecified atom stereocenters. The number of amides is 1. The summed E-state index contributed by atoms with van der Waals surface area (Å²) in [7, 11) is 0. The fourth-order valence-corrected chi connectivity index (χ4v) is 6.19. The first-order valence-corrected chi connectivity index (χ1v) is 13.6. The number of hydrogen-bond donors (Lipinski definition) is 3. The molecule has 0 aliphatic carbocycles. The summed E-state index contributed by atoms with van der Waals surface area (Å²) in [5.74, 6) is 1.65. The Morgan fingerprint density at radius 1 is 1.08 bits per heavy atom. The van der Waals surface area contributed by atoms with Crippen molar-refractivity contribution in [1.82, 2.24) is 29.8 Å². The summed E-state index contributed by atoms with van der Waals surface area (Å²) in [6.45, 7) is 7.51. The lowest BCUT2D eigenvalue weighted by Crippen LogP contribution is -2.50. The molecule has 4 fully saturated rings. The molecule has 6 rings (SSSR count). The molecule has 3 atom stereocenters. The molecule has 1 amide bonds. The van der Waals surface area contributed by atoms with E-state index in [9.17, 15) is 4.79 Å². The normalized spacial score (nSPS) is 28.7. The SMILES string of the molecule is CC(C)c1cnn2c(NC3CC4CCC(C3)N4C(=O)OC3CCNC3)nc(NC3CCOCC3)nc12. The summed E-state index contributed by atoms with van der Waals surface area (Å²) in [4.78, 5) is 24.7. The molecule has 0 spiro atoms. The minimum atomic E-state index is -0.143. The number of fused-ring (bicyclic) bond motifs is 3. The fourth-order valence-electron chi connectivity index (χ4n) is 6.19. The summed E-state index contributed by atoms with van der Waals surface area (Å²) in [5, 5.41) is 15.1. The van der Waals surface area contributed by atoms with Gasteiger partial charge in [0.25, 0.3) is 0 Å². The van der Waals surface area contributed by atoms with Gasteiger partial charge < -0.3 is 30.3 Å². The van der Waals surface area contributed by atoms with Crippen molar-refractivity contribution >= 4 is 23.6 Å². The first kappa shape index (κ1) is 23.7. The number of nitrogens with one attached hydrogen (secondary N) is 3. The highest BCUT2D eigenvalue weighted by atomic mass is 16.6. The van der Waals surface area contributed by atoms with Gasteiger partial charge in [-0.05, 0) is 57.4 Å². The molecule has 11 nitrogen and oxygen atoms in total. The molecule has 0 radical (unpaired) electrons. The Bertz CT molecular complexity index is 1060. The number of aromatic nitrogens is 4. The van der Waals surface area contributed by atoms with Gasteiger partial charge in [-0.25, -0.2) is 4.79 Å². The van der Waals surface area contributed by atoms with E-state index in [2.05, 4.69) is 34.9 Å². The van der Waals surface area contributed by atoms with Gasteiger partial charge in [-0.2, -0.15) is 19.6 Å². The van der Waals surface area contributed by atoms with E-state index < -0.39 is 0 Å². The highest BCUT2D eigenvalue weighted by molar-refractivity contribution is 5.69. The number of carbonyl (C=O) groups excluding carboxylic acids is 1. The van der Waals surface area contributed by atoms with Gasteiger partial charge in [0, 0.05) is 49.5 Å². The van der Waals surface area contributed by atoms with E-state index in [0.29, 0.717) is 23.9 Å². The predicted molar refractivity (Wildman–Crippen MR) is 135 cm³/mol. The zero-order valence-corrected chi connectivity index (χ0v) is 21.3. The molecule has 4 aliphatic rings. The number of carbonyl (C=O) groups is 1. The Balaban J connectivity index is 1.20. The second kappa shape index (κ2) is 10.0. The van der Waals surface area contributed by atoms with Gasteiger partial charge in [0.2, 0.25) is 11.9 Å². The summed E-state index contributed by atoms with van der Waals surface area (Å²) < 4.78 is 13.2. The average molecular weight is 499 g/mol. The van der Waals surface area contributed by atoms with Crippen molar-refractivity contribution in [3.8, 4) is 0 Å². The highest BCUT2D eigenvalue weighted by Gasteiger charge is 2.45. The molecule has 2 aromatic rings. The molecule has 36 heavy (non-hydrogen) atoms. The summed E-state index contributed by atoms with van der Waals surface area (Å²) >= 11 is 0. The number of rotatable bonds is 6. The van der Waals surface area contributed by atoms with E-state index in [4.69, 9.17) is 19.4 Å². The van der Waals surface area contributed by atoms with Crippen LogP contribution in [0, 0.1) is 0 Å². The van der Waals surface area contributed by atoms with Gasteiger partial charge in [0.05, 0.1) is 6.20 Å². The van der Waals surface area contributed by atoms with Crippen LogP contribution in [0.25, 0.3) is 5.65 Å². The average Bonchev–Trinajstić information content (AvgIpc) is 3.58. The lowest BCUT2D eigenvalue weighted by Gasteiger charge is -2.39. The van der Waals surface area contributed by atoms with Crippen LogP contribution in [0.3, 0.4) is 0 Å². The molecule has 3 N–H and O–H groups in total. The van der Waals surface area contributed by atoms with Crippen molar-refractivity contribution in [1.29, 1.82) is 0 Å². The third kappa shape index (κ3) is 4.70. The molecular formula is C25H38N8O3.